The summed E-state index contributed by atoms with van der Waals surface area (Å²) in [5.74, 6) is -0.388. The molecule has 0 saturated heterocycles. The van der Waals surface area contributed by atoms with Crippen molar-refractivity contribution in [2.24, 2.45) is 5.41 Å². The molecule has 0 aliphatic heterocycles. The minimum absolute atomic E-state index is 0.00404. The third kappa shape index (κ3) is 3.64. The van der Waals surface area contributed by atoms with Crippen molar-refractivity contribution in [2.75, 3.05) is 12.8 Å². The summed E-state index contributed by atoms with van der Waals surface area (Å²) in [5, 5.41) is 10.9. The van der Waals surface area contributed by atoms with Crippen molar-refractivity contribution >= 4 is 28.9 Å². The number of nitro benzene ring substituents is 1. The predicted octanol–water partition coefficient (Wildman–Crippen LogP) is 3.34. The molecule has 1 amide bonds. The van der Waals surface area contributed by atoms with Crippen molar-refractivity contribution < 1.29 is 9.72 Å². The van der Waals surface area contributed by atoms with Crippen molar-refractivity contribution in [3.63, 3.8) is 0 Å². The molecule has 2 N–H and O–H groups in total. The highest BCUT2D eigenvalue weighted by Crippen LogP contribution is 2.31. The van der Waals surface area contributed by atoms with Gasteiger partial charge in [-0.25, -0.2) is 0 Å². The van der Waals surface area contributed by atoms with Crippen molar-refractivity contribution in [1.82, 2.24) is 4.90 Å². The first kappa shape index (κ1) is 17.2. The number of carbonyl (C=O) groups excluding carboxylic acids is 1. The standard InChI is InChI=1S/C14H20ClN3O3/c1-8(14(2,3)4)17(5)13(19)10-6-9(18(20)21)7-11(15)12(10)16/h6-8H,16H2,1-5H3. The highest BCUT2D eigenvalue weighted by molar-refractivity contribution is 6.34. The number of nitrogens with two attached hydrogens (primary N) is 1. The van der Waals surface area contributed by atoms with E-state index >= 15 is 0 Å². The van der Waals surface area contributed by atoms with E-state index in [2.05, 4.69) is 0 Å². The molecule has 0 aliphatic carbocycles. The number of anilines is 1. The normalized spacial score (nSPS) is 12.9. The average Bonchev–Trinajstić information content (AvgIpc) is 2.37. The van der Waals surface area contributed by atoms with Crippen molar-refractivity contribution in [1.29, 1.82) is 0 Å². The van der Waals surface area contributed by atoms with E-state index in [1.54, 1.807) is 7.05 Å². The second kappa shape index (κ2) is 5.89. The summed E-state index contributed by atoms with van der Waals surface area (Å²) in [6.45, 7) is 7.93. The summed E-state index contributed by atoms with van der Waals surface area (Å²) in [6.07, 6.45) is 0. The number of rotatable bonds is 3. The Balaban J connectivity index is 3.27. The van der Waals surface area contributed by atoms with Gasteiger partial charge in [-0.05, 0) is 12.3 Å². The molecule has 7 heteroatoms. The van der Waals surface area contributed by atoms with E-state index in [0.717, 1.165) is 12.1 Å². The summed E-state index contributed by atoms with van der Waals surface area (Å²) in [7, 11) is 1.64. The maximum Gasteiger partial charge on any atom is 0.271 e. The monoisotopic (exact) mass is 313 g/mol. The van der Waals surface area contributed by atoms with Gasteiger partial charge in [-0.15, -0.1) is 0 Å². The molecule has 21 heavy (non-hydrogen) atoms. The van der Waals surface area contributed by atoms with Gasteiger partial charge in [0.05, 0.1) is 21.2 Å². The van der Waals surface area contributed by atoms with E-state index < -0.39 is 4.92 Å². The number of nitrogen functional groups attached to an aromatic ring is 1. The first-order valence-electron chi connectivity index (χ1n) is 6.47. The minimum atomic E-state index is -0.602. The molecule has 0 saturated carbocycles. The molecule has 1 aromatic rings. The number of non-ortho nitro benzene ring substituents is 1. The zero-order chi connectivity index (χ0) is 16.5. The summed E-state index contributed by atoms with van der Waals surface area (Å²) < 4.78 is 0. The van der Waals surface area contributed by atoms with Gasteiger partial charge in [0.1, 0.15) is 0 Å². The van der Waals surface area contributed by atoms with Gasteiger partial charge in [0.15, 0.2) is 0 Å². The van der Waals surface area contributed by atoms with Crippen LogP contribution in [0.15, 0.2) is 12.1 Å². The van der Waals surface area contributed by atoms with Crippen LogP contribution >= 0.6 is 11.6 Å². The molecule has 0 aliphatic rings. The highest BCUT2D eigenvalue weighted by Gasteiger charge is 2.29. The first-order chi connectivity index (χ1) is 9.46. The number of nitrogens with zero attached hydrogens (tertiary/aromatic N) is 2. The molecule has 1 aromatic carbocycles. The van der Waals surface area contributed by atoms with Gasteiger partial charge in [0, 0.05) is 25.2 Å². The fraction of sp³-hybridized carbons (Fsp3) is 0.500. The quantitative estimate of drug-likeness (QED) is 0.526. The number of hydrogen-bond donors (Lipinski definition) is 1. The Morgan fingerprint density at radius 3 is 2.38 bits per heavy atom. The summed E-state index contributed by atoms with van der Waals surface area (Å²) in [4.78, 5) is 24.3. The number of halogens is 1. The van der Waals surface area contributed by atoms with Crippen LogP contribution < -0.4 is 5.73 Å². The molecule has 0 fully saturated rings. The van der Waals surface area contributed by atoms with Crippen LogP contribution in [-0.2, 0) is 0 Å². The van der Waals surface area contributed by atoms with Crippen molar-refractivity contribution in [3.05, 3.63) is 32.8 Å². The van der Waals surface area contributed by atoms with E-state index in [-0.39, 0.29) is 39.3 Å². The molecule has 1 atom stereocenters. The fourth-order valence-corrected chi connectivity index (χ4v) is 2.05. The number of hydrogen-bond acceptors (Lipinski definition) is 4. The van der Waals surface area contributed by atoms with Gasteiger partial charge in [0.25, 0.3) is 11.6 Å². The minimum Gasteiger partial charge on any atom is -0.397 e. The lowest BCUT2D eigenvalue weighted by molar-refractivity contribution is -0.384. The van der Waals surface area contributed by atoms with Crippen LogP contribution in [0, 0.1) is 15.5 Å². The van der Waals surface area contributed by atoms with Crippen LogP contribution in [0.1, 0.15) is 38.1 Å². The Labute approximate surface area is 129 Å². The Morgan fingerprint density at radius 1 is 1.43 bits per heavy atom. The van der Waals surface area contributed by atoms with Crippen LogP contribution in [0.4, 0.5) is 11.4 Å². The molecule has 0 heterocycles. The van der Waals surface area contributed by atoms with Gasteiger partial charge in [0.2, 0.25) is 0 Å². The SMILES string of the molecule is CC(N(C)C(=O)c1cc([N+](=O)[O-])cc(Cl)c1N)C(C)(C)C. The lowest BCUT2D eigenvalue weighted by Gasteiger charge is -2.35. The Morgan fingerprint density at radius 2 is 1.95 bits per heavy atom. The van der Waals surface area contributed by atoms with Gasteiger partial charge in [-0.3, -0.25) is 14.9 Å². The lowest BCUT2D eigenvalue weighted by atomic mass is 9.87. The lowest BCUT2D eigenvalue weighted by Crippen LogP contribution is -2.43. The van der Waals surface area contributed by atoms with E-state index in [1.165, 1.54) is 4.90 Å². The summed E-state index contributed by atoms with van der Waals surface area (Å²) >= 11 is 5.88. The Kier molecular flexibility index (Phi) is 4.83. The van der Waals surface area contributed by atoms with Gasteiger partial charge in [-0.1, -0.05) is 32.4 Å². The van der Waals surface area contributed by atoms with Crippen LogP contribution in [0.3, 0.4) is 0 Å². The molecule has 1 rings (SSSR count). The Hall–Kier alpha value is -1.82. The third-order valence-electron chi connectivity index (χ3n) is 3.71. The van der Waals surface area contributed by atoms with Crippen LogP contribution in [0.5, 0.6) is 0 Å². The molecular formula is C14H20ClN3O3. The smallest absolute Gasteiger partial charge is 0.271 e. The highest BCUT2D eigenvalue weighted by atomic mass is 35.5. The van der Waals surface area contributed by atoms with Crippen LogP contribution in [-0.4, -0.2) is 28.8 Å². The Bertz CT molecular complexity index is 582. The maximum absolute atomic E-state index is 12.5. The second-order valence-electron chi connectivity index (χ2n) is 6.10. The molecule has 0 spiro atoms. The number of amides is 1. The van der Waals surface area contributed by atoms with E-state index in [9.17, 15) is 14.9 Å². The van der Waals surface area contributed by atoms with Crippen LogP contribution in [0.2, 0.25) is 5.02 Å². The van der Waals surface area contributed by atoms with Gasteiger partial charge < -0.3 is 10.6 Å². The van der Waals surface area contributed by atoms with Gasteiger partial charge >= 0.3 is 0 Å². The average molecular weight is 314 g/mol. The van der Waals surface area contributed by atoms with E-state index in [0.29, 0.717) is 0 Å². The first-order valence-corrected chi connectivity index (χ1v) is 6.85. The molecule has 0 bridgehead atoms. The summed E-state index contributed by atoms with van der Waals surface area (Å²) in [5.41, 5.74) is 5.51. The van der Waals surface area contributed by atoms with Crippen LogP contribution in [0.25, 0.3) is 0 Å². The topological polar surface area (TPSA) is 89.5 Å². The molecule has 116 valence electrons. The number of carbonyl (C=O) groups is 1. The number of benzene rings is 1. The maximum atomic E-state index is 12.5. The second-order valence-corrected chi connectivity index (χ2v) is 6.51. The largest absolute Gasteiger partial charge is 0.397 e. The van der Waals surface area contributed by atoms with Crippen molar-refractivity contribution in [3.8, 4) is 0 Å². The fourth-order valence-electron chi connectivity index (χ4n) is 1.83. The van der Waals surface area contributed by atoms with E-state index in [4.69, 9.17) is 17.3 Å². The molecule has 0 radical (unpaired) electrons. The zero-order valence-electron chi connectivity index (χ0n) is 12.8. The predicted molar refractivity (Wildman–Crippen MR) is 83.5 cm³/mol. The van der Waals surface area contributed by atoms with E-state index in [1.807, 2.05) is 27.7 Å². The summed E-state index contributed by atoms with van der Waals surface area (Å²) in [6, 6.07) is 2.22. The van der Waals surface area contributed by atoms with Crippen molar-refractivity contribution in [2.45, 2.75) is 33.7 Å². The third-order valence-corrected chi connectivity index (χ3v) is 4.02. The van der Waals surface area contributed by atoms with Gasteiger partial charge in [-0.2, -0.15) is 0 Å². The molecule has 6 nitrogen and oxygen atoms in total. The molecular weight excluding hydrogens is 294 g/mol. The number of nitro groups is 1. The zero-order valence-corrected chi connectivity index (χ0v) is 13.6. The molecule has 1 unspecified atom stereocenters. The molecule has 0 aromatic heterocycles.